The van der Waals surface area contributed by atoms with Gasteiger partial charge in [0.25, 0.3) is 0 Å². The summed E-state index contributed by atoms with van der Waals surface area (Å²) in [5.41, 5.74) is 0. The van der Waals surface area contributed by atoms with Crippen LogP contribution in [0.4, 0.5) is 0 Å². The molecule has 0 aliphatic rings. The zero-order valence-corrected chi connectivity index (χ0v) is 8.76. The zero-order chi connectivity index (χ0) is 10.4. The predicted molar refractivity (Wildman–Crippen MR) is 54.1 cm³/mol. The Morgan fingerprint density at radius 2 is 2.36 bits per heavy atom. The van der Waals surface area contributed by atoms with E-state index in [0.29, 0.717) is 6.54 Å². The molecular weight excluding hydrogens is 200 g/mol. The highest BCUT2D eigenvalue weighted by atomic mass is 32.1. The van der Waals surface area contributed by atoms with Crippen LogP contribution in [0.1, 0.15) is 18.4 Å². The first-order valence-corrected chi connectivity index (χ1v) is 5.21. The minimum absolute atomic E-state index is 0.0299. The fourth-order valence-corrected chi connectivity index (χ4v) is 1.59. The van der Waals surface area contributed by atoms with Gasteiger partial charge in [0.1, 0.15) is 5.78 Å². The molecule has 1 N–H and O–H groups in total. The molecule has 0 bridgehead atoms. The van der Waals surface area contributed by atoms with Gasteiger partial charge in [-0.3, -0.25) is 9.59 Å². The third-order valence-electron chi connectivity index (χ3n) is 1.55. The molecule has 5 heteroatoms. The molecule has 0 unspecified atom stereocenters. The van der Waals surface area contributed by atoms with Crippen molar-refractivity contribution in [1.82, 2.24) is 10.3 Å². The molecule has 0 spiro atoms. The summed E-state index contributed by atoms with van der Waals surface area (Å²) in [6.07, 6.45) is 2.43. The van der Waals surface area contributed by atoms with Crippen LogP contribution in [0.2, 0.25) is 0 Å². The number of carbonyl (C=O) groups excluding carboxylic acids is 2. The van der Waals surface area contributed by atoms with Gasteiger partial charge in [-0.2, -0.15) is 0 Å². The van der Waals surface area contributed by atoms with Crippen molar-refractivity contribution in [3.05, 3.63) is 16.6 Å². The minimum atomic E-state index is -0.214. The first-order valence-electron chi connectivity index (χ1n) is 4.33. The van der Waals surface area contributed by atoms with Crippen molar-refractivity contribution in [3.63, 3.8) is 0 Å². The van der Waals surface area contributed by atoms with Crippen LogP contribution in [-0.4, -0.2) is 23.2 Å². The number of rotatable bonds is 5. The van der Waals surface area contributed by atoms with Crippen molar-refractivity contribution < 1.29 is 9.59 Å². The summed E-state index contributed by atoms with van der Waals surface area (Å²) in [7, 11) is 0. The summed E-state index contributed by atoms with van der Waals surface area (Å²) in [4.78, 5) is 25.7. The van der Waals surface area contributed by atoms with Gasteiger partial charge in [0.05, 0.1) is 11.4 Å². The van der Waals surface area contributed by atoms with Gasteiger partial charge >= 0.3 is 0 Å². The number of carbonyl (C=O) groups is 2. The van der Waals surface area contributed by atoms with Crippen molar-refractivity contribution in [2.75, 3.05) is 6.54 Å². The number of nitrogens with zero attached hydrogens (tertiary/aromatic N) is 1. The lowest BCUT2D eigenvalue weighted by Gasteiger charge is -2.01. The van der Waals surface area contributed by atoms with Crippen LogP contribution in [0.3, 0.4) is 0 Å². The van der Waals surface area contributed by atoms with Gasteiger partial charge in [-0.05, 0) is 6.92 Å². The van der Waals surface area contributed by atoms with Crippen molar-refractivity contribution in [3.8, 4) is 0 Å². The molecule has 76 valence electrons. The summed E-state index contributed by atoms with van der Waals surface area (Å²) >= 11 is 1.56. The van der Waals surface area contributed by atoms with Gasteiger partial charge in [-0.15, -0.1) is 11.3 Å². The van der Waals surface area contributed by atoms with E-state index < -0.39 is 0 Å². The Morgan fingerprint density at radius 3 is 2.93 bits per heavy atom. The molecule has 0 saturated heterocycles. The fourth-order valence-electron chi connectivity index (χ4n) is 0.974. The number of amides is 1. The maximum atomic E-state index is 11.0. The molecule has 0 radical (unpaired) electrons. The molecule has 0 aliphatic carbocycles. The van der Waals surface area contributed by atoms with E-state index in [1.165, 1.54) is 6.92 Å². The SMILES string of the molecule is CC(=O)CC(=O)NCCc1nccs1. The van der Waals surface area contributed by atoms with E-state index in [0.717, 1.165) is 11.4 Å². The van der Waals surface area contributed by atoms with Gasteiger partial charge in [0.2, 0.25) is 5.91 Å². The first kappa shape index (κ1) is 10.8. The van der Waals surface area contributed by atoms with Gasteiger partial charge in [-0.25, -0.2) is 4.98 Å². The minimum Gasteiger partial charge on any atom is -0.355 e. The zero-order valence-electron chi connectivity index (χ0n) is 7.95. The second-order valence-corrected chi connectivity index (χ2v) is 3.88. The Morgan fingerprint density at radius 1 is 1.57 bits per heavy atom. The number of nitrogens with one attached hydrogen (secondary N) is 1. The topological polar surface area (TPSA) is 59.1 Å². The molecule has 14 heavy (non-hydrogen) atoms. The van der Waals surface area contributed by atoms with Crippen molar-refractivity contribution in [2.24, 2.45) is 0 Å². The number of aromatic nitrogens is 1. The second-order valence-electron chi connectivity index (χ2n) is 2.90. The van der Waals surface area contributed by atoms with Gasteiger partial charge in [0.15, 0.2) is 0 Å². The number of thiazole rings is 1. The number of hydrogen-bond acceptors (Lipinski definition) is 4. The molecule has 1 heterocycles. The molecule has 0 aromatic carbocycles. The number of hydrogen-bond donors (Lipinski definition) is 1. The highest BCUT2D eigenvalue weighted by Crippen LogP contribution is 2.03. The van der Waals surface area contributed by atoms with Crippen LogP contribution < -0.4 is 5.32 Å². The smallest absolute Gasteiger partial charge is 0.227 e. The number of ketones is 1. The van der Waals surface area contributed by atoms with E-state index in [1.807, 2.05) is 5.38 Å². The van der Waals surface area contributed by atoms with Crippen LogP contribution in [0, 0.1) is 0 Å². The lowest BCUT2D eigenvalue weighted by atomic mass is 10.3. The lowest BCUT2D eigenvalue weighted by molar-refractivity contribution is -0.127. The average molecular weight is 212 g/mol. The predicted octanol–water partition coefficient (Wildman–Crippen LogP) is 0.781. The van der Waals surface area contributed by atoms with Crippen molar-refractivity contribution in [2.45, 2.75) is 19.8 Å². The molecular formula is C9H12N2O2S. The van der Waals surface area contributed by atoms with Crippen molar-refractivity contribution >= 4 is 23.0 Å². The highest BCUT2D eigenvalue weighted by Gasteiger charge is 2.04. The molecule has 4 nitrogen and oxygen atoms in total. The van der Waals surface area contributed by atoms with E-state index in [4.69, 9.17) is 0 Å². The summed E-state index contributed by atoms with van der Waals surface area (Å²) in [5.74, 6) is -0.328. The van der Waals surface area contributed by atoms with E-state index in [1.54, 1.807) is 17.5 Å². The van der Waals surface area contributed by atoms with Gasteiger partial charge < -0.3 is 5.32 Å². The Bertz CT molecular complexity index is 309. The Labute approximate surface area is 86.4 Å². The summed E-state index contributed by atoms with van der Waals surface area (Å²) in [5, 5.41) is 5.55. The highest BCUT2D eigenvalue weighted by molar-refractivity contribution is 7.09. The van der Waals surface area contributed by atoms with Gasteiger partial charge in [0, 0.05) is 24.5 Å². The Hall–Kier alpha value is -1.23. The monoisotopic (exact) mass is 212 g/mol. The van der Waals surface area contributed by atoms with Crippen LogP contribution in [-0.2, 0) is 16.0 Å². The largest absolute Gasteiger partial charge is 0.355 e. The second kappa shape index (κ2) is 5.49. The average Bonchev–Trinajstić information content (AvgIpc) is 2.55. The Balaban J connectivity index is 2.15. The Kier molecular flexibility index (Phi) is 4.25. The third kappa shape index (κ3) is 4.13. The van der Waals surface area contributed by atoms with Crippen LogP contribution in [0.5, 0.6) is 0 Å². The summed E-state index contributed by atoms with van der Waals surface area (Å²) < 4.78 is 0. The fraction of sp³-hybridized carbons (Fsp3) is 0.444. The molecule has 1 aromatic heterocycles. The summed E-state index contributed by atoms with van der Waals surface area (Å²) in [6, 6.07) is 0. The maximum Gasteiger partial charge on any atom is 0.227 e. The van der Waals surface area contributed by atoms with E-state index in [-0.39, 0.29) is 18.1 Å². The molecule has 0 fully saturated rings. The molecule has 1 rings (SSSR count). The third-order valence-corrected chi connectivity index (χ3v) is 2.39. The molecule has 0 atom stereocenters. The van der Waals surface area contributed by atoms with E-state index in [2.05, 4.69) is 10.3 Å². The van der Waals surface area contributed by atoms with Gasteiger partial charge in [-0.1, -0.05) is 0 Å². The number of Topliss-reactive ketones (excluding diaryl/α,β-unsaturated/α-hetero) is 1. The normalized spacial score (nSPS) is 9.79. The van der Waals surface area contributed by atoms with E-state index in [9.17, 15) is 9.59 Å². The lowest BCUT2D eigenvalue weighted by Crippen LogP contribution is -2.27. The standard InChI is InChI=1S/C9H12N2O2S/c1-7(12)6-8(13)10-3-2-9-11-4-5-14-9/h4-5H,2-3,6H2,1H3,(H,10,13). The van der Waals surface area contributed by atoms with Crippen LogP contribution in [0.15, 0.2) is 11.6 Å². The van der Waals surface area contributed by atoms with Crippen LogP contribution in [0.25, 0.3) is 0 Å². The quantitative estimate of drug-likeness (QED) is 0.734. The maximum absolute atomic E-state index is 11.0. The van der Waals surface area contributed by atoms with E-state index >= 15 is 0 Å². The van der Waals surface area contributed by atoms with Crippen molar-refractivity contribution in [1.29, 1.82) is 0 Å². The molecule has 0 saturated carbocycles. The molecule has 1 aromatic rings. The molecule has 0 aliphatic heterocycles. The molecule has 1 amide bonds. The summed E-state index contributed by atoms with van der Waals surface area (Å²) in [6.45, 7) is 1.94. The van der Waals surface area contributed by atoms with Crippen LogP contribution >= 0.6 is 11.3 Å². The first-order chi connectivity index (χ1) is 6.68.